The Bertz CT molecular complexity index is 933. The summed E-state index contributed by atoms with van der Waals surface area (Å²) >= 11 is 0. The first kappa shape index (κ1) is 22.9. The summed E-state index contributed by atoms with van der Waals surface area (Å²) in [7, 11) is -4.13. The van der Waals surface area contributed by atoms with Crippen LogP contribution in [0.4, 0.5) is 10.1 Å². The molecular formula is C22H29FN2O3S. The average molecular weight is 421 g/mol. The molecule has 0 aromatic heterocycles. The minimum Gasteiger partial charge on any atom is -0.351 e. The Hall–Kier alpha value is -2.41. The Balaban J connectivity index is 2.42. The number of hydrogen-bond donors (Lipinski definition) is 1. The van der Waals surface area contributed by atoms with Gasteiger partial charge in [0, 0.05) is 6.04 Å². The number of carbonyl (C=O) groups is 1. The van der Waals surface area contributed by atoms with Crippen LogP contribution in [0.15, 0.2) is 53.4 Å². The number of nitrogens with one attached hydrogen (secondary N) is 1. The van der Waals surface area contributed by atoms with Crippen molar-refractivity contribution in [3.05, 3.63) is 59.9 Å². The SMILES string of the molecule is Cc1ccc(S(=O)(=O)N(CC(=O)NC(C(C)C)C(C)C)c2ccccc2F)cc1. The lowest BCUT2D eigenvalue weighted by atomic mass is 9.93. The van der Waals surface area contributed by atoms with Crippen LogP contribution in [0, 0.1) is 24.6 Å². The molecule has 0 saturated carbocycles. The van der Waals surface area contributed by atoms with Gasteiger partial charge >= 0.3 is 0 Å². The first-order valence-corrected chi connectivity index (χ1v) is 11.1. The van der Waals surface area contributed by atoms with Crippen LogP contribution in [0.1, 0.15) is 33.3 Å². The van der Waals surface area contributed by atoms with Gasteiger partial charge in [-0.1, -0.05) is 57.5 Å². The maximum atomic E-state index is 14.5. The van der Waals surface area contributed by atoms with Crippen LogP contribution >= 0.6 is 0 Å². The quantitative estimate of drug-likeness (QED) is 0.698. The molecule has 0 bridgehead atoms. The topological polar surface area (TPSA) is 66.5 Å². The van der Waals surface area contributed by atoms with E-state index in [4.69, 9.17) is 0 Å². The minimum atomic E-state index is -4.13. The molecule has 0 atom stereocenters. The molecule has 5 nitrogen and oxygen atoms in total. The second-order valence-corrected chi connectivity index (χ2v) is 9.72. The first-order chi connectivity index (χ1) is 13.5. The lowest BCUT2D eigenvalue weighted by Gasteiger charge is -2.29. The van der Waals surface area contributed by atoms with Crippen molar-refractivity contribution in [2.75, 3.05) is 10.8 Å². The molecule has 2 aromatic rings. The molecule has 29 heavy (non-hydrogen) atoms. The van der Waals surface area contributed by atoms with Crippen LogP contribution in [0.25, 0.3) is 0 Å². The number of amides is 1. The van der Waals surface area contributed by atoms with Crippen LogP contribution in [-0.4, -0.2) is 26.9 Å². The summed E-state index contributed by atoms with van der Waals surface area (Å²) in [5, 5.41) is 2.90. The summed E-state index contributed by atoms with van der Waals surface area (Å²) in [6.07, 6.45) is 0. The highest BCUT2D eigenvalue weighted by atomic mass is 32.2. The second kappa shape index (κ2) is 9.39. The molecule has 0 fully saturated rings. The number of hydrogen-bond acceptors (Lipinski definition) is 3. The third kappa shape index (κ3) is 5.56. The van der Waals surface area contributed by atoms with Gasteiger partial charge in [-0.05, 0) is 43.0 Å². The minimum absolute atomic E-state index is 0.00317. The van der Waals surface area contributed by atoms with E-state index in [1.54, 1.807) is 18.2 Å². The van der Waals surface area contributed by atoms with Crippen LogP contribution in [0.3, 0.4) is 0 Å². The van der Waals surface area contributed by atoms with Crippen molar-refractivity contribution in [1.29, 1.82) is 0 Å². The van der Waals surface area contributed by atoms with Crippen molar-refractivity contribution < 1.29 is 17.6 Å². The van der Waals surface area contributed by atoms with E-state index in [-0.39, 0.29) is 28.5 Å². The highest BCUT2D eigenvalue weighted by Gasteiger charge is 2.30. The van der Waals surface area contributed by atoms with Crippen LogP contribution in [0.2, 0.25) is 0 Å². The number of para-hydroxylation sites is 1. The summed E-state index contributed by atoms with van der Waals surface area (Å²) in [4.78, 5) is 12.8. The summed E-state index contributed by atoms with van der Waals surface area (Å²) in [5.41, 5.74) is 0.740. The Morgan fingerprint density at radius 3 is 2.07 bits per heavy atom. The molecule has 0 aliphatic carbocycles. The van der Waals surface area contributed by atoms with Crippen molar-refractivity contribution in [1.82, 2.24) is 5.32 Å². The zero-order chi connectivity index (χ0) is 21.8. The number of nitrogens with zero attached hydrogens (tertiary/aromatic N) is 1. The third-order valence-electron chi connectivity index (χ3n) is 4.78. The van der Waals surface area contributed by atoms with E-state index in [0.717, 1.165) is 9.87 Å². The maximum absolute atomic E-state index is 14.5. The largest absolute Gasteiger partial charge is 0.351 e. The van der Waals surface area contributed by atoms with E-state index in [9.17, 15) is 17.6 Å². The summed E-state index contributed by atoms with van der Waals surface area (Å²) < 4.78 is 41.8. The van der Waals surface area contributed by atoms with Gasteiger partial charge in [0.25, 0.3) is 10.0 Å². The number of carbonyl (C=O) groups excluding carboxylic acids is 1. The molecule has 0 heterocycles. The first-order valence-electron chi connectivity index (χ1n) is 9.67. The van der Waals surface area contributed by atoms with Gasteiger partial charge in [-0.25, -0.2) is 12.8 Å². The summed E-state index contributed by atoms with van der Waals surface area (Å²) in [6.45, 7) is 9.29. The molecule has 0 spiro atoms. The molecule has 0 saturated heterocycles. The number of anilines is 1. The number of halogens is 1. The number of sulfonamides is 1. The predicted molar refractivity (Wildman–Crippen MR) is 114 cm³/mol. The molecule has 0 unspecified atom stereocenters. The van der Waals surface area contributed by atoms with Crippen molar-refractivity contribution in [3.8, 4) is 0 Å². The molecule has 1 N–H and O–H groups in total. The average Bonchev–Trinajstić information content (AvgIpc) is 2.64. The maximum Gasteiger partial charge on any atom is 0.264 e. The van der Waals surface area contributed by atoms with E-state index >= 15 is 0 Å². The van der Waals surface area contributed by atoms with Gasteiger partial charge in [0.2, 0.25) is 5.91 Å². The molecule has 0 radical (unpaired) electrons. The van der Waals surface area contributed by atoms with E-state index in [1.165, 1.54) is 30.3 Å². The van der Waals surface area contributed by atoms with E-state index < -0.39 is 28.3 Å². The van der Waals surface area contributed by atoms with Gasteiger partial charge in [-0.15, -0.1) is 0 Å². The van der Waals surface area contributed by atoms with Gasteiger partial charge in [0.05, 0.1) is 10.6 Å². The Morgan fingerprint density at radius 2 is 1.55 bits per heavy atom. The lowest BCUT2D eigenvalue weighted by molar-refractivity contribution is -0.121. The van der Waals surface area contributed by atoms with Crippen molar-refractivity contribution in [2.24, 2.45) is 11.8 Å². The van der Waals surface area contributed by atoms with Crippen molar-refractivity contribution in [2.45, 2.75) is 45.6 Å². The highest BCUT2D eigenvalue weighted by Crippen LogP contribution is 2.26. The smallest absolute Gasteiger partial charge is 0.264 e. The normalized spacial score (nSPS) is 11.9. The number of rotatable bonds is 8. The molecule has 158 valence electrons. The highest BCUT2D eigenvalue weighted by molar-refractivity contribution is 7.92. The van der Waals surface area contributed by atoms with Crippen molar-refractivity contribution >= 4 is 21.6 Å². The van der Waals surface area contributed by atoms with E-state index in [2.05, 4.69) is 5.32 Å². The second-order valence-electron chi connectivity index (χ2n) is 7.86. The molecule has 7 heteroatoms. The Labute approximate surface area is 173 Å². The monoisotopic (exact) mass is 420 g/mol. The molecular weight excluding hydrogens is 391 g/mol. The van der Waals surface area contributed by atoms with Gasteiger partial charge in [0.1, 0.15) is 12.4 Å². The van der Waals surface area contributed by atoms with Gasteiger partial charge in [-0.2, -0.15) is 0 Å². The van der Waals surface area contributed by atoms with Crippen molar-refractivity contribution in [3.63, 3.8) is 0 Å². The Kier molecular flexibility index (Phi) is 7.41. The van der Waals surface area contributed by atoms with Crippen LogP contribution in [0.5, 0.6) is 0 Å². The molecule has 0 aliphatic heterocycles. The van der Waals surface area contributed by atoms with E-state index in [1.807, 2.05) is 34.6 Å². The fraction of sp³-hybridized carbons (Fsp3) is 0.409. The zero-order valence-corrected chi connectivity index (χ0v) is 18.3. The molecule has 0 aliphatic rings. The van der Waals surface area contributed by atoms with Gasteiger partial charge in [-0.3, -0.25) is 9.10 Å². The standard InChI is InChI=1S/C22H29FN2O3S/c1-15(2)22(16(3)4)24-21(26)14-25(20-9-7-6-8-19(20)23)29(27,28)18-12-10-17(5)11-13-18/h6-13,15-16,22H,14H2,1-5H3,(H,24,26). The zero-order valence-electron chi connectivity index (χ0n) is 17.5. The number of aryl methyl sites for hydroxylation is 1. The van der Waals surface area contributed by atoms with Gasteiger partial charge in [0.15, 0.2) is 0 Å². The molecule has 1 amide bonds. The molecule has 2 rings (SSSR count). The van der Waals surface area contributed by atoms with Gasteiger partial charge < -0.3 is 5.32 Å². The Morgan fingerprint density at radius 1 is 1.00 bits per heavy atom. The predicted octanol–water partition coefficient (Wildman–Crippen LogP) is 4.13. The summed E-state index contributed by atoms with van der Waals surface area (Å²) in [5.74, 6) is -0.833. The lowest BCUT2D eigenvalue weighted by Crippen LogP contribution is -2.48. The van der Waals surface area contributed by atoms with Crippen LogP contribution < -0.4 is 9.62 Å². The third-order valence-corrected chi connectivity index (χ3v) is 6.56. The van der Waals surface area contributed by atoms with Crippen LogP contribution in [-0.2, 0) is 14.8 Å². The summed E-state index contributed by atoms with van der Waals surface area (Å²) in [6, 6.07) is 11.7. The number of benzene rings is 2. The fourth-order valence-electron chi connectivity index (χ4n) is 3.26. The fourth-order valence-corrected chi connectivity index (χ4v) is 4.68. The van der Waals surface area contributed by atoms with E-state index in [0.29, 0.717) is 0 Å². The molecule has 2 aromatic carbocycles.